The Balaban J connectivity index is 1.77. The molecule has 5 heteroatoms. The fourth-order valence-electron chi connectivity index (χ4n) is 2.86. The molecule has 0 spiro atoms. The van der Waals surface area contributed by atoms with Crippen molar-refractivity contribution in [1.82, 2.24) is 14.8 Å². The van der Waals surface area contributed by atoms with Crippen molar-refractivity contribution in [2.24, 2.45) is 5.92 Å². The summed E-state index contributed by atoms with van der Waals surface area (Å²) < 4.78 is 1.71. The van der Waals surface area contributed by atoms with Crippen LogP contribution in [0, 0.1) is 5.92 Å². The van der Waals surface area contributed by atoms with Crippen molar-refractivity contribution < 1.29 is 0 Å². The van der Waals surface area contributed by atoms with Crippen LogP contribution in [0.4, 0.5) is 5.69 Å². The maximum absolute atomic E-state index is 6.31. The summed E-state index contributed by atoms with van der Waals surface area (Å²) in [6.07, 6.45) is 9.95. The Labute approximate surface area is 124 Å². The van der Waals surface area contributed by atoms with Gasteiger partial charge in [0.2, 0.25) is 0 Å². The van der Waals surface area contributed by atoms with Gasteiger partial charge in [0, 0.05) is 6.54 Å². The highest BCUT2D eigenvalue weighted by molar-refractivity contribution is 6.33. The maximum atomic E-state index is 6.31. The first-order valence-corrected chi connectivity index (χ1v) is 7.60. The van der Waals surface area contributed by atoms with E-state index in [1.165, 1.54) is 38.4 Å². The first-order valence-electron chi connectivity index (χ1n) is 7.22. The van der Waals surface area contributed by atoms with E-state index < -0.39 is 0 Å². The zero-order valence-electron chi connectivity index (χ0n) is 11.4. The summed E-state index contributed by atoms with van der Waals surface area (Å²) in [4.78, 5) is 4.00. The monoisotopic (exact) mass is 290 g/mol. The van der Waals surface area contributed by atoms with Crippen LogP contribution in [0.25, 0.3) is 5.69 Å². The second kappa shape index (κ2) is 6.27. The molecule has 2 aromatic rings. The number of rotatable bonds is 4. The highest BCUT2D eigenvalue weighted by atomic mass is 35.5. The van der Waals surface area contributed by atoms with Gasteiger partial charge in [-0.3, -0.25) is 0 Å². The quantitative estimate of drug-likeness (QED) is 0.928. The molecule has 0 aliphatic heterocycles. The third-order valence-corrected chi connectivity index (χ3v) is 4.25. The van der Waals surface area contributed by atoms with E-state index in [0.717, 1.165) is 23.8 Å². The summed E-state index contributed by atoms with van der Waals surface area (Å²) in [5.74, 6) is 0.770. The summed E-state index contributed by atoms with van der Waals surface area (Å²) in [6, 6.07) is 5.89. The Bertz CT molecular complexity index is 547. The molecule has 1 aromatic carbocycles. The van der Waals surface area contributed by atoms with Gasteiger partial charge in [-0.2, -0.15) is 5.10 Å². The van der Waals surface area contributed by atoms with Crippen molar-refractivity contribution in [1.29, 1.82) is 0 Å². The Hall–Kier alpha value is -1.55. The predicted molar refractivity (Wildman–Crippen MR) is 81.4 cm³/mol. The van der Waals surface area contributed by atoms with Gasteiger partial charge < -0.3 is 5.32 Å². The Morgan fingerprint density at radius 1 is 1.25 bits per heavy atom. The lowest BCUT2D eigenvalue weighted by Crippen LogP contribution is -2.18. The third kappa shape index (κ3) is 2.96. The molecule has 1 N–H and O–H groups in total. The number of para-hydroxylation sites is 1. The molecule has 4 nitrogen and oxygen atoms in total. The number of hydrogen-bond donors (Lipinski definition) is 1. The van der Waals surface area contributed by atoms with Gasteiger partial charge >= 0.3 is 0 Å². The highest BCUT2D eigenvalue weighted by Crippen LogP contribution is 2.29. The molecule has 0 atom stereocenters. The number of halogens is 1. The minimum atomic E-state index is 0.684. The van der Waals surface area contributed by atoms with E-state index in [2.05, 4.69) is 15.4 Å². The van der Waals surface area contributed by atoms with Crippen LogP contribution in [-0.4, -0.2) is 21.3 Å². The molecule has 1 aliphatic rings. The molecule has 1 fully saturated rings. The lowest BCUT2D eigenvalue weighted by molar-refractivity contribution is 0.373. The first-order chi connectivity index (χ1) is 9.84. The number of nitrogens with zero attached hydrogens (tertiary/aromatic N) is 3. The number of nitrogens with one attached hydrogen (secondary N) is 1. The van der Waals surface area contributed by atoms with E-state index in [1.54, 1.807) is 11.0 Å². The van der Waals surface area contributed by atoms with Crippen molar-refractivity contribution in [2.75, 3.05) is 11.9 Å². The second-order valence-corrected chi connectivity index (χ2v) is 5.77. The van der Waals surface area contributed by atoms with Gasteiger partial charge in [0.05, 0.1) is 10.7 Å². The van der Waals surface area contributed by atoms with Crippen molar-refractivity contribution in [3.8, 4) is 5.69 Å². The van der Waals surface area contributed by atoms with E-state index in [1.807, 2.05) is 18.2 Å². The van der Waals surface area contributed by atoms with Gasteiger partial charge in [-0.25, -0.2) is 9.67 Å². The van der Waals surface area contributed by atoms with Crippen molar-refractivity contribution in [2.45, 2.75) is 32.1 Å². The predicted octanol–water partition coefficient (Wildman–Crippen LogP) is 3.91. The average Bonchev–Trinajstić information content (AvgIpc) is 3.00. The fourth-order valence-corrected chi connectivity index (χ4v) is 3.12. The number of hydrogen-bond acceptors (Lipinski definition) is 3. The van der Waals surface area contributed by atoms with E-state index in [-0.39, 0.29) is 0 Å². The zero-order chi connectivity index (χ0) is 13.8. The molecular formula is C15H19ClN4. The van der Waals surface area contributed by atoms with E-state index >= 15 is 0 Å². The minimum Gasteiger partial charge on any atom is -0.383 e. The van der Waals surface area contributed by atoms with Crippen LogP contribution in [0.15, 0.2) is 30.9 Å². The van der Waals surface area contributed by atoms with E-state index in [4.69, 9.17) is 11.6 Å². The summed E-state index contributed by atoms with van der Waals surface area (Å²) in [5.41, 5.74) is 1.90. The molecular weight excluding hydrogens is 272 g/mol. The molecule has 0 radical (unpaired) electrons. The van der Waals surface area contributed by atoms with Crippen LogP contribution in [0.3, 0.4) is 0 Å². The Morgan fingerprint density at radius 2 is 2.10 bits per heavy atom. The third-order valence-electron chi connectivity index (χ3n) is 3.94. The molecule has 1 heterocycles. The van der Waals surface area contributed by atoms with Gasteiger partial charge in [0.1, 0.15) is 18.3 Å². The zero-order valence-corrected chi connectivity index (χ0v) is 12.2. The number of aromatic nitrogens is 3. The Morgan fingerprint density at radius 3 is 2.85 bits per heavy atom. The molecule has 0 unspecified atom stereocenters. The molecule has 1 aromatic heterocycles. The molecule has 0 bridgehead atoms. The lowest BCUT2D eigenvalue weighted by atomic mass is 9.89. The molecule has 1 aliphatic carbocycles. The topological polar surface area (TPSA) is 42.7 Å². The molecule has 106 valence electrons. The number of anilines is 1. The maximum Gasteiger partial charge on any atom is 0.138 e. The summed E-state index contributed by atoms with van der Waals surface area (Å²) >= 11 is 6.31. The van der Waals surface area contributed by atoms with Crippen molar-refractivity contribution >= 4 is 17.3 Å². The van der Waals surface area contributed by atoms with Crippen LogP contribution < -0.4 is 5.32 Å². The van der Waals surface area contributed by atoms with Crippen LogP contribution >= 0.6 is 11.6 Å². The van der Waals surface area contributed by atoms with Crippen LogP contribution in [-0.2, 0) is 0 Å². The van der Waals surface area contributed by atoms with Crippen molar-refractivity contribution in [3.05, 3.63) is 35.9 Å². The smallest absolute Gasteiger partial charge is 0.138 e. The molecule has 0 saturated heterocycles. The SMILES string of the molecule is Clc1cccc(NCC2CCCCC2)c1-n1cncn1. The van der Waals surface area contributed by atoms with Gasteiger partial charge in [-0.1, -0.05) is 36.9 Å². The summed E-state index contributed by atoms with van der Waals surface area (Å²) in [5, 5.41) is 8.41. The van der Waals surface area contributed by atoms with Gasteiger partial charge in [0.15, 0.2) is 0 Å². The lowest BCUT2D eigenvalue weighted by Gasteiger charge is -2.23. The molecule has 3 rings (SSSR count). The average molecular weight is 291 g/mol. The first kappa shape index (κ1) is 13.4. The minimum absolute atomic E-state index is 0.684. The normalized spacial score (nSPS) is 16.2. The number of benzene rings is 1. The van der Waals surface area contributed by atoms with Gasteiger partial charge in [-0.05, 0) is 30.9 Å². The van der Waals surface area contributed by atoms with Crippen LogP contribution in [0.5, 0.6) is 0 Å². The van der Waals surface area contributed by atoms with E-state index in [0.29, 0.717) is 5.02 Å². The Kier molecular flexibility index (Phi) is 4.21. The van der Waals surface area contributed by atoms with Gasteiger partial charge in [-0.15, -0.1) is 0 Å². The van der Waals surface area contributed by atoms with Crippen LogP contribution in [0.1, 0.15) is 32.1 Å². The standard InChI is InChI=1S/C15H19ClN4/c16-13-7-4-8-14(15(13)20-11-17-10-19-20)18-9-12-5-2-1-3-6-12/h4,7-8,10-12,18H,1-3,5-6,9H2. The van der Waals surface area contributed by atoms with E-state index in [9.17, 15) is 0 Å². The fraction of sp³-hybridized carbons (Fsp3) is 0.467. The van der Waals surface area contributed by atoms with Crippen molar-refractivity contribution in [3.63, 3.8) is 0 Å². The largest absolute Gasteiger partial charge is 0.383 e. The highest BCUT2D eigenvalue weighted by Gasteiger charge is 2.15. The second-order valence-electron chi connectivity index (χ2n) is 5.36. The summed E-state index contributed by atoms with van der Waals surface area (Å²) in [7, 11) is 0. The molecule has 1 saturated carbocycles. The van der Waals surface area contributed by atoms with Gasteiger partial charge in [0.25, 0.3) is 0 Å². The van der Waals surface area contributed by atoms with Crippen LogP contribution in [0.2, 0.25) is 5.02 Å². The summed E-state index contributed by atoms with van der Waals surface area (Å²) in [6.45, 7) is 1.00. The molecule has 0 amide bonds. The molecule has 20 heavy (non-hydrogen) atoms.